The number of aryl methyl sites for hydroxylation is 2. The molecule has 0 spiro atoms. The van der Waals surface area contributed by atoms with E-state index in [4.69, 9.17) is 9.47 Å². The summed E-state index contributed by atoms with van der Waals surface area (Å²) in [6.07, 6.45) is -0.782. The van der Waals surface area contributed by atoms with Crippen molar-refractivity contribution < 1.29 is 19.1 Å². The monoisotopic (exact) mass is 460 g/mol. The van der Waals surface area contributed by atoms with Gasteiger partial charge >= 0.3 is 0 Å². The van der Waals surface area contributed by atoms with E-state index < -0.39 is 6.17 Å². The summed E-state index contributed by atoms with van der Waals surface area (Å²) < 4.78 is 11.4. The van der Waals surface area contributed by atoms with Gasteiger partial charge in [0, 0.05) is 11.1 Å². The molecule has 0 aliphatic carbocycles. The number of rotatable bonds is 9. The number of carbonyl (C=O) groups excluding carboxylic acids is 2. The lowest BCUT2D eigenvalue weighted by molar-refractivity contribution is 0.0883. The number of nitrogens with one attached hydrogen (secondary N) is 2. The van der Waals surface area contributed by atoms with Gasteiger partial charge < -0.3 is 20.1 Å². The number of methoxy groups -OCH3 is 1. The molecule has 0 saturated carbocycles. The Labute approximate surface area is 201 Å². The van der Waals surface area contributed by atoms with Crippen molar-refractivity contribution in [3.8, 4) is 11.5 Å². The van der Waals surface area contributed by atoms with Gasteiger partial charge in [-0.3, -0.25) is 9.59 Å². The van der Waals surface area contributed by atoms with Crippen LogP contribution in [0.25, 0.3) is 0 Å². The summed E-state index contributed by atoms with van der Waals surface area (Å²) in [4.78, 5) is 26.0. The summed E-state index contributed by atoms with van der Waals surface area (Å²) in [6, 6.07) is 19.9. The van der Waals surface area contributed by atoms with Gasteiger partial charge in [-0.1, -0.05) is 55.3 Å². The lowest BCUT2D eigenvalue weighted by Gasteiger charge is -2.22. The number of amides is 2. The van der Waals surface area contributed by atoms with Gasteiger partial charge in [-0.05, 0) is 61.7 Å². The summed E-state index contributed by atoms with van der Waals surface area (Å²) >= 11 is 0. The van der Waals surface area contributed by atoms with Crippen molar-refractivity contribution in [3.05, 3.63) is 94.5 Å². The number of carbonyl (C=O) groups is 2. The van der Waals surface area contributed by atoms with E-state index in [-0.39, 0.29) is 11.8 Å². The molecule has 0 aliphatic heterocycles. The van der Waals surface area contributed by atoms with Gasteiger partial charge in [0.05, 0.1) is 13.7 Å². The molecular weight excluding hydrogens is 428 g/mol. The highest BCUT2D eigenvalue weighted by atomic mass is 16.5. The normalized spacial score (nSPS) is 10.8. The van der Waals surface area contributed by atoms with Crippen molar-refractivity contribution in [2.45, 2.75) is 33.9 Å². The minimum atomic E-state index is -0.782. The van der Waals surface area contributed by atoms with Gasteiger partial charge in [-0.2, -0.15) is 0 Å². The van der Waals surface area contributed by atoms with Crippen LogP contribution in [0, 0.1) is 19.8 Å². The number of hydrogen-bond donors (Lipinski definition) is 2. The van der Waals surface area contributed by atoms with Crippen molar-refractivity contribution in [1.29, 1.82) is 0 Å². The van der Waals surface area contributed by atoms with Crippen molar-refractivity contribution in [3.63, 3.8) is 0 Å². The average Bonchev–Trinajstić information content (AvgIpc) is 2.82. The van der Waals surface area contributed by atoms with E-state index in [1.807, 2.05) is 44.2 Å². The van der Waals surface area contributed by atoms with Crippen molar-refractivity contribution in [1.82, 2.24) is 10.6 Å². The van der Waals surface area contributed by atoms with Gasteiger partial charge in [0.25, 0.3) is 11.8 Å². The van der Waals surface area contributed by atoms with Gasteiger partial charge in [0.15, 0.2) is 11.5 Å². The largest absolute Gasteiger partial charge is 0.493 e. The molecule has 0 heterocycles. The molecule has 0 saturated heterocycles. The summed E-state index contributed by atoms with van der Waals surface area (Å²) in [5.41, 5.74) is 3.78. The first-order valence-electron chi connectivity index (χ1n) is 11.3. The first-order chi connectivity index (χ1) is 16.3. The Morgan fingerprint density at radius 3 is 1.71 bits per heavy atom. The Kier molecular flexibility index (Phi) is 8.30. The molecule has 3 rings (SSSR count). The van der Waals surface area contributed by atoms with Crippen LogP contribution in [0.4, 0.5) is 0 Å². The fourth-order valence-electron chi connectivity index (χ4n) is 3.28. The van der Waals surface area contributed by atoms with Gasteiger partial charge in [0.1, 0.15) is 6.17 Å². The van der Waals surface area contributed by atoms with Crippen LogP contribution in [0.5, 0.6) is 11.5 Å². The predicted molar refractivity (Wildman–Crippen MR) is 133 cm³/mol. The van der Waals surface area contributed by atoms with Gasteiger partial charge in [-0.15, -0.1) is 0 Å². The second-order valence-corrected chi connectivity index (χ2v) is 8.73. The molecule has 0 radical (unpaired) electrons. The molecule has 0 aromatic heterocycles. The SMILES string of the molecule is COc1cc(C(NC(=O)c2ccc(C)cc2)NC(=O)c2ccc(C)cc2)ccc1OCC(C)C. The van der Waals surface area contributed by atoms with E-state index in [0.717, 1.165) is 11.1 Å². The lowest BCUT2D eigenvalue weighted by Crippen LogP contribution is -2.41. The summed E-state index contributed by atoms with van der Waals surface area (Å²) in [7, 11) is 1.56. The van der Waals surface area contributed by atoms with Crippen LogP contribution in [0.2, 0.25) is 0 Å². The first-order valence-corrected chi connectivity index (χ1v) is 11.3. The zero-order valence-corrected chi connectivity index (χ0v) is 20.3. The second kappa shape index (κ2) is 11.4. The molecule has 3 aromatic carbocycles. The fourth-order valence-corrected chi connectivity index (χ4v) is 3.28. The third kappa shape index (κ3) is 6.61. The van der Waals surface area contributed by atoms with E-state index in [9.17, 15) is 9.59 Å². The highest BCUT2D eigenvalue weighted by molar-refractivity contribution is 5.96. The van der Waals surface area contributed by atoms with E-state index in [0.29, 0.717) is 40.7 Å². The van der Waals surface area contributed by atoms with Crippen molar-refractivity contribution in [2.24, 2.45) is 5.92 Å². The Balaban J connectivity index is 1.89. The molecule has 2 amide bonds. The van der Waals surface area contributed by atoms with Crippen molar-refractivity contribution >= 4 is 11.8 Å². The summed E-state index contributed by atoms with van der Waals surface area (Å²) in [5, 5.41) is 5.87. The highest BCUT2D eigenvalue weighted by Gasteiger charge is 2.21. The molecule has 34 heavy (non-hydrogen) atoms. The molecule has 178 valence electrons. The maximum absolute atomic E-state index is 13.0. The Morgan fingerprint density at radius 2 is 1.26 bits per heavy atom. The molecule has 6 nitrogen and oxygen atoms in total. The predicted octanol–water partition coefficient (Wildman–Crippen LogP) is 5.21. The highest BCUT2D eigenvalue weighted by Crippen LogP contribution is 2.30. The molecule has 0 unspecified atom stereocenters. The Morgan fingerprint density at radius 1 is 0.765 bits per heavy atom. The van der Waals surface area contributed by atoms with Crippen LogP contribution in [-0.2, 0) is 0 Å². The summed E-state index contributed by atoms with van der Waals surface area (Å²) in [6.45, 7) is 8.60. The van der Waals surface area contributed by atoms with Crippen LogP contribution >= 0.6 is 0 Å². The van der Waals surface area contributed by atoms with Gasteiger partial charge in [0.2, 0.25) is 0 Å². The molecular formula is C28H32N2O4. The second-order valence-electron chi connectivity index (χ2n) is 8.73. The van der Waals surface area contributed by atoms with Gasteiger partial charge in [-0.25, -0.2) is 0 Å². The minimum absolute atomic E-state index is 0.298. The van der Waals surface area contributed by atoms with E-state index in [1.54, 1.807) is 43.5 Å². The molecule has 0 fully saturated rings. The lowest BCUT2D eigenvalue weighted by atomic mass is 10.1. The molecule has 0 atom stereocenters. The van der Waals surface area contributed by atoms with E-state index in [2.05, 4.69) is 24.5 Å². The molecule has 2 N–H and O–H groups in total. The molecule has 0 bridgehead atoms. The number of benzene rings is 3. The Bertz CT molecular complexity index is 1060. The zero-order valence-electron chi connectivity index (χ0n) is 20.3. The topological polar surface area (TPSA) is 76.7 Å². The van der Waals surface area contributed by atoms with Crippen LogP contribution in [0.15, 0.2) is 66.7 Å². The third-order valence-electron chi connectivity index (χ3n) is 5.27. The van der Waals surface area contributed by atoms with Crippen LogP contribution in [0.3, 0.4) is 0 Å². The first kappa shape index (κ1) is 24.8. The van der Waals surface area contributed by atoms with Crippen LogP contribution < -0.4 is 20.1 Å². The fraction of sp³-hybridized carbons (Fsp3) is 0.286. The Hall–Kier alpha value is -3.80. The average molecular weight is 461 g/mol. The molecule has 6 heteroatoms. The quantitative estimate of drug-likeness (QED) is 0.430. The maximum atomic E-state index is 13.0. The minimum Gasteiger partial charge on any atom is -0.493 e. The van der Waals surface area contributed by atoms with Crippen LogP contribution in [-0.4, -0.2) is 25.5 Å². The number of ether oxygens (including phenoxy) is 2. The smallest absolute Gasteiger partial charge is 0.253 e. The molecule has 0 aliphatic rings. The summed E-state index contributed by atoms with van der Waals surface area (Å²) in [5.74, 6) is 0.895. The molecule has 3 aromatic rings. The standard InChI is InChI=1S/C28H32N2O4/c1-18(2)17-34-24-15-14-23(16-25(24)33-5)26(29-27(31)21-10-6-19(3)7-11-21)30-28(32)22-12-8-20(4)9-13-22/h6-16,18,26H,17H2,1-5H3,(H,29,31)(H,30,32). The maximum Gasteiger partial charge on any atom is 0.253 e. The van der Waals surface area contributed by atoms with Crippen molar-refractivity contribution in [2.75, 3.05) is 13.7 Å². The van der Waals surface area contributed by atoms with E-state index >= 15 is 0 Å². The van der Waals surface area contributed by atoms with E-state index in [1.165, 1.54) is 0 Å². The third-order valence-corrected chi connectivity index (χ3v) is 5.27. The zero-order chi connectivity index (χ0) is 24.7. The number of hydrogen-bond acceptors (Lipinski definition) is 4. The van der Waals surface area contributed by atoms with Crippen LogP contribution in [0.1, 0.15) is 57.4 Å².